The number of benzene rings is 6. The minimum Gasteiger partial charge on any atom is -0.490 e. The van der Waals surface area contributed by atoms with Gasteiger partial charge in [0, 0.05) is 11.1 Å². The second kappa shape index (κ2) is 26.0. The quantitative estimate of drug-likeness (QED) is 0.0440. The molecule has 10 nitrogen and oxygen atoms in total. The molecule has 446 valence electrons. The maximum atomic E-state index is 15.1. The second-order valence-electron chi connectivity index (χ2n) is 28.1. The summed E-state index contributed by atoms with van der Waals surface area (Å²) in [5.74, 6) is -2.86. The summed E-state index contributed by atoms with van der Waals surface area (Å²) in [4.78, 5) is 59.1. The lowest BCUT2D eigenvalue weighted by molar-refractivity contribution is -0.132. The number of esters is 4. The van der Waals surface area contributed by atoms with E-state index in [2.05, 4.69) is 138 Å². The first-order valence-electron chi connectivity index (χ1n) is 29.0. The zero-order valence-corrected chi connectivity index (χ0v) is 53.1. The minimum absolute atomic E-state index is 0.0852. The van der Waals surface area contributed by atoms with Gasteiger partial charge in [-0.3, -0.25) is 0 Å². The Balaban J connectivity index is 1.58. The number of hydrogen-bond acceptors (Lipinski definition) is 10. The Labute approximate surface area is 501 Å². The summed E-state index contributed by atoms with van der Waals surface area (Å²) < 4.78 is 39.6. The number of carbonyl (C=O) groups excluding carboxylic acids is 4. The Morgan fingerprint density at radius 1 is 0.286 bits per heavy atom. The molecule has 0 fully saturated rings. The van der Waals surface area contributed by atoms with Crippen molar-refractivity contribution in [2.45, 2.75) is 182 Å². The fourth-order valence-electron chi connectivity index (χ4n) is 9.18. The van der Waals surface area contributed by atoms with Crippen molar-refractivity contribution in [3.05, 3.63) is 226 Å². The lowest BCUT2D eigenvalue weighted by Crippen LogP contribution is -2.53. The molecule has 0 spiro atoms. The van der Waals surface area contributed by atoms with E-state index >= 15 is 4.79 Å². The summed E-state index contributed by atoms with van der Waals surface area (Å²) >= 11 is 0. The minimum atomic E-state index is -1.75. The fourth-order valence-corrected chi connectivity index (χ4v) is 9.18. The van der Waals surface area contributed by atoms with Crippen LogP contribution in [0.5, 0.6) is 0 Å². The summed E-state index contributed by atoms with van der Waals surface area (Å²) in [6.45, 7) is 45.1. The highest BCUT2D eigenvalue weighted by atomic mass is 16.6. The summed E-state index contributed by atoms with van der Waals surface area (Å²) in [6.07, 6.45) is -6.54. The monoisotopic (exact) mass is 1140 g/mol. The van der Waals surface area contributed by atoms with Crippen molar-refractivity contribution in [3.8, 4) is 0 Å². The third-order valence-electron chi connectivity index (χ3n) is 15.0. The number of rotatable bonds is 19. The molecular formula is C74H90O10. The lowest BCUT2D eigenvalue weighted by Gasteiger charge is -2.37. The van der Waals surface area contributed by atoms with Crippen molar-refractivity contribution in [3.63, 3.8) is 0 Å². The van der Waals surface area contributed by atoms with E-state index in [0.29, 0.717) is 11.1 Å². The zero-order chi connectivity index (χ0) is 62.3. The van der Waals surface area contributed by atoms with Crippen molar-refractivity contribution < 1.29 is 47.6 Å². The van der Waals surface area contributed by atoms with Crippen molar-refractivity contribution in [2.24, 2.45) is 0 Å². The van der Waals surface area contributed by atoms with E-state index < -0.39 is 61.5 Å². The standard InChI is InChI=1S/C74H90O10/c1-47(49-21-33-55(34-22-49)69(3,4)5)79-45-61(82-66(76)52-27-39-58(40-28-52)72(12,13)14)63(81-48(2)50-23-35-56(36-24-50)70(6,7)8)64(84-68(78)54-31-43-60(44-32-54)74(18,19)20)62(83-67(77)53-29-41-59(42-30-53)73(15,16)17)46-80-65(75)51-25-37-57(38-26-51)71(9,10)11/h21-44,61-64H,1-2,45-46H2,3-20H3. The Morgan fingerprint density at radius 3 is 0.774 bits per heavy atom. The number of hydrogen-bond donors (Lipinski definition) is 0. The predicted molar refractivity (Wildman–Crippen MR) is 338 cm³/mol. The van der Waals surface area contributed by atoms with Gasteiger partial charge in [-0.2, -0.15) is 0 Å². The van der Waals surface area contributed by atoms with Crippen LogP contribution in [0.3, 0.4) is 0 Å². The topological polar surface area (TPSA) is 124 Å². The van der Waals surface area contributed by atoms with Crippen LogP contribution in [0.1, 0.15) is 211 Å². The second-order valence-corrected chi connectivity index (χ2v) is 28.1. The molecule has 0 aliphatic rings. The summed E-state index contributed by atoms with van der Waals surface area (Å²) in [6, 6.07) is 43.6. The van der Waals surface area contributed by atoms with Crippen molar-refractivity contribution in [1.82, 2.24) is 0 Å². The van der Waals surface area contributed by atoms with Gasteiger partial charge >= 0.3 is 23.9 Å². The van der Waals surface area contributed by atoms with E-state index in [4.69, 9.17) is 28.4 Å². The maximum Gasteiger partial charge on any atom is 0.338 e. The molecule has 0 saturated carbocycles. The molecule has 0 aliphatic heterocycles. The van der Waals surface area contributed by atoms with E-state index in [1.54, 1.807) is 48.5 Å². The largest absolute Gasteiger partial charge is 0.490 e. The van der Waals surface area contributed by atoms with Crippen LogP contribution in [0.25, 0.3) is 11.5 Å². The van der Waals surface area contributed by atoms with E-state index in [1.807, 2.05) is 97.1 Å². The van der Waals surface area contributed by atoms with Crippen LogP contribution >= 0.6 is 0 Å². The molecule has 4 unspecified atom stereocenters. The van der Waals surface area contributed by atoms with Crippen LogP contribution < -0.4 is 0 Å². The van der Waals surface area contributed by atoms with Crippen LogP contribution in [-0.4, -0.2) is 61.5 Å². The molecule has 84 heavy (non-hydrogen) atoms. The Morgan fingerprint density at radius 2 is 0.500 bits per heavy atom. The average Bonchev–Trinajstić information content (AvgIpc) is 3.44. The average molecular weight is 1140 g/mol. The highest BCUT2D eigenvalue weighted by Crippen LogP contribution is 2.33. The molecule has 6 rings (SSSR count). The zero-order valence-electron chi connectivity index (χ0n) is 53.1. The number of ether oxygens (including phenoxy) is 6. The van der Waals surface area contributed by atoms with Crippen LogP contribution in [-0.2, 0) is 60.9 Å². The highest BCUT2D eigenvalue weighted by Gasteiger charge is 2.46. The molecule has 0 saturated heterocycles. The number of carbonyl (C=O) groups is 4. The van der Waals surface area contributed by atoms with E-state index in [0.717, 1.165) is 33.4 Å². The molecule has 6 aromatic rings. The normalized spacial score (nSPS) is 13.8. The van der Waals surface area contributed by atoms with Crippen molar-refractivity contribution >= 4 is 35.4 Å². The molecular weight excluding hydrogens is 1050 g/mol. The fraction of sp³-hybridized carbons (Fsp3) is 0.405. The van der Waals surface area contributed by atoms with Gasteiger partial charge < -0.3 is 28.4 Å². The van der Waals surface area contributed by atoms with Crippen LogP contribution in [0, 0.1) is 0 Å². The van der Waals surface area contributed by atoms with Gasteiger partial charge in [0.2, 0.25) is 0 Å². The van der Waals surface area contributed by atoms with Gasteiger partial charge in [0.25, 0.3) is 0 Å². The van der Waals surface area contributed by atoms with Crippen molar-refractivity contribution in [2.75, 3.05) is 13.2 Å². The van der Waals surface area contributed by atoms with Gasteiger partial charge in [0.1, 0.15) is 24.7 Å². The molecule has 0 aliphatic carbocycles. The Kier molecular flexibility index (Phi) is 20.3. The molecule has 4 atom stereocenters. The molecule has 0 aromatic heterocycles. The first kappa shape index (κ1) is 65.4. The Hall–Kier alpha value is -7.72. The van der Waals surface area contributed by atoms with Gasteiger partial charge in [-0.1, -0.05) is 235 Å². The van der Waals surface area contributed by atoms with Crippen LogP contribution in [0.4, 0.5) is 0 Å². The molecule has 0 bridgehead atoms. The highest BCUT2D eigenvalue weighted by molar-refractivity contribution is 5.92. The van der Waals surface area contributed by atoms with Gasteiger partial charge in [-0.15, -0.1) is 0 Å². The van der Waals surface area contributed by atoms with Gasteiger partial charge in [-0.05, 0) is 114 Å². The third kappa shape index (κ3) is 17.7. The van der Waals surface area contributed by atoms with Crippen LogP contribution in [0.15, 0.2) is 159 Å². The van der Waals surface area contributed by atoms with Gasteiger partial charge in [0.05, 0.1) is 22.3 Å². The first-order chi connectivity index (χ1) is 38.9. The molecule has 0 N–H and O–H groups in total. The molecule has 0 radical (unpaired) electrons. The lowest BCUT2D eigenvalue weighted by atomic mass is 9.86. The van der Waals surface area contributed by atoms with Crippen molar-refractivity contribution in [1.29, 1.82) is 0 Å². The van der Waals surface area contributed by atoms with Gasteiger partial charge in [-0.25, -0.2) is 19.2 Å². The SMILES string of the molecule is C=C(OCC(OC(=O)c1ccc(C(C)(C)C)cc1)C(OC(=C)c1ccc(C(C)(C)C)cc1)C(OC(=O)c1ccc(C(C)(C)C)cc1)C(COC(=O)c1ccc(C(C)(C)C)cc1)OC(=O)c1ccc(C(C)(C)C)cc1)c1ccc(C(C)(C)C)cc1. The molecule has 0 amide bonds. The summed E-state index contributed by atoms with van der Waals surface area (Å²) in [5.41, 5.74) is 6.77. The smallest absolute Gasteiger partial charge is 0.338 e. The first-order valence-corrected chi connectivity index (χ1v) is 29.0. The third-order valence-corrected chi connectivity index (χ3v) is 15.0. The predicted octanol–water partition coefficient (Wildman–Crippen LogP) is 17.0. The van der Waals surface area contributed by atoms with E-state index in [-0.39, 0.29) is 66.3 Å². The van der Waals surface area contributed by atoms with E-state index in [1.165, 1.54) is 0 Å². The van der Waals surface area contributed by atoms with Crippen LogP contribution in [0.2, 0.25) is 0 Å². The van der Waals surface area contributed by atoms with Gasteiger partial charge in [0.15, 0.2) is 24.4 Å². The van der Waals surface area contributed by atoms with E-state index in [9.17, 15) is 14.4 Å². The molecule has 10 heteroatoms. The summed E-state index contributed by atoms with van der Waals surface area (Å²) in [7, 11) is 0. The summed E-state index contributed by atoms with van der Waals surface area (Å²) in [5, 5.41) is 0. The molecule has 6 aromatic carbocycles. The molecule has 0 heterocycles. The Bertz CT molecular complexity index is 3010. The maximum absolute atomic E-state index is 15.1.